The Hall–Kier alpha value is -5.42. The third-order valence-corrected chi connectivity index (χ3v) is 4.96. The van der Waals surface area contributed by atoms with Crippen LogP contribution in [0.5, 0.6) is 0 Å². The number of carbonyl (C=O) groups is 6. The lowest BCUT2D eigenvalue weighted by Crippen LogP contribution is -2.37. The molecule has 2 fully saturated rings. The molecule has 1 aromatic rings. The highest BCUT2D eigenvalue weighted by Crippen LogP contribution is 2.16. The van der Waals surface area contributed by atoms with Crippen molar-refractivity contribution in [1.82, 2.24) is 15.6 Å². The Morgan fingerprint density at radius 1 is 0.708 bits per heavy atom. The fourth-order valence-electron chi connectivity index (χ4n) is 3.11. The van der Waals surface area contributed by atoms with E-state index in [0.29, 0.717) is 15.8 Å². The summed E-state index contributed by atoms with van der Waals surface area (Å²) < 4.78 is 9.85. The summed E-state index contributed by atoms with van der Waals surface area (Å²) in [4.78, 5) is 77.8. The van der Waals surface area contributed by atoms with Crippen LogP contribution in [0.2, 0.25) is 0 Å². The lowest BCUT2D eigenvalue weighted by Gasteiger charge is -2.29. The quantitative estimate of drug-likeness (QED) is 0.170. The van der Waals surface area contributed by atoms with Crippen LogP contribution in [-0.2, 0) is 43.1 Å². The van der Waals surface area contributed by atoms with Gasteiger partial charge in [0.05, 0.1) is 11.3 Å². The maximum Gasteiger partial charge on any atom is 0.363 e. The third-order valence-electron chi connectivity index (χ3n) is 4.96. The Balaban J connectivity index is 0. The van der Waals surface area contributed by atoms with E-state index in [2.05, 4.69) is 25.9 Å². The van der Waals surface area contributed by atoms with Gasteiger partial charge in [-0.15, -0.1) is 10.1 Å². The molecule has 270 valence electrons. The number of hydrazone groups is 2. The lowest BCUT2D eigenvalue weighted by molar-refractivity contribution is -0.261. The van der Waals surface area contributed by atoms with Gasteiger partial charge in [-0.05, 0) is 24.3 Å². The number of amides is 4. The number of imide groups is 2. The Bertz CT molecular complexity index is 1320. The molecule has 0 aromatic heterocycles. The first kappa shape index (κ1) is 44.7. The topological polar surface area (TPSA) is 241 Å². The van der Waals surface area contributed by atoms with Crippen LogP contribution in [0.3, 0.4) is 0 Å². The zero-order valence-corrected chi connectivity index (χ0v) is 25.5. The number of ether oxygens (including phenoxy) is 2. The van der Waals surface area contributed by atoms with Gasteiger partial charge in [0.2, 0.25) is 0 Å². The molecule has 0 atom stereocenters. The number of benzene rings is 1. The zero-order valence-electron chi connectivity index (χ0n) is 25.5. The molecule has 0 saturated carbocycles. The highest BCUT2D eigenvalue weighted by atomic mass is 16.7. The summed E-state index contributed by atoms with van der Waals surface area (Å²) in [5.74, 6) is -4.00. The van der Waals surface area contributed by atoms with Crippen molar-refractivity contribution in [3.63, 3.8) is 0 Å². The third kappa shape index (κ3) is 15.7. The summed E-state index contributed by atoms with van der Waals surface area (Å²) in [5, 5.41) is 30.3. The van der Waals surface area contributed by atoms with Gasteiger partial charge in [0.1, 0.15) is 6.54 Å². The standard InChI is InChI=1S/C16H19N3O6.C11H17N3O6.3CH4/c1-16(2,3)24-15(23)18-17-11-6-4-10(5-7-11)14(22)25-19-12(20)8-9-13(19)21;1-11(2,3)19-10(18)13-12-6-9(17)20-14-7(15)4-5-8(14)16;;;/h4-7,17H,8-9H2,1-3H3,(H,18,23);12H,4-6H2,1-3H3,(H,13,18);3*1H4/p-2. The van der Waals surface area contributed by atoms with Gasteiger partial charge in [0, 0.05) is 36.9 Å². The fourth-order valence-corrected chi connectivity index (χ4v) is 3.11. The largest absolute Gasteiger partial charge is 0.593 e. The fraction of sp³-hybridized carbons (Fsp3) is 0.533. The predicted octanol–water partition coefficient (Wildman–Crippen LogP) is 1.30. The second-order valence-electron chi connectivity index (χ2n) is 11.2. The molecule has 0 spiro atoms. The van der Waals surface area contributed by atoms with Gasteiger partial charge < -0.3 is 29.4 Å². The van der Waals surface area contributed by atoms with Gasteiger partial charge in [0.15, 0.2) is 12.2 Å². The number of nitrogens with one attached hydrogen (secondary N) is 2. The first-order chi connectivity index (χ1) is 20.8. The Labute approximate surface area is 279 Å². The van der Waals surface area contributed by atoms with E-state index in [1.165, 1.54) is 24.3 Å². The van der Waals surface area contributed by atoms with Crippen LogP contribution in [0.25, 0.3) is 0 Å². The molecule has 0 aliphatic carbocycles. The molecule has 2 aliphatic heterocycles. The van der Waals surface area contributed by atoms with E-state index in [1.54, 1.807) is 41.5 Å². The van der Waals surface area contributed by atoms with Crippen LogP contribution in [0.4, 0.5) is 5.69 Å². The number of rotatable bonds is 8. The van der Waals surface area contributed by atoms with E-state index in [4.69, 9.17) is 14.3 Å². The number of nitrogens with zero attached hydrogens (tertiary/aromatic N) is 4. The first-order valence-electron chi connectivity index (χ1n) is 13.5. The number of hydrogen-bond acceptors (Lipinski definition) is 16. The summed E-state index contributed by atoms with van der Waals surface area (Å²) in [5.41, 5.74) is 3.86. The van der Waals surface area contributed by atoms with Crippen LogP contribution in [0.15, 0.2) is 34.5 Å². The maximum atomic E-state index is 11.9. The molecule has 0 bridgehead atoms. The molecule has 2 aliphatic rings. The highest BCUT2D eigenvalue weighted by Gasteiger charge is 2.33. The van der Waals surface area contributed by atoms with E-state index in [0.717, 1.165) is 0 Å². The van der Waals surface area contributed by atoms with Crippen LogP contribution < -0.4 is 21.1 Å². The van der Waals surface area contributed by atoms with Crippen molar-refractivity contribution >= 4 is 53.4 Å². The minimum absolute atomic E-state index is 0. The molecule has 18 heteroatoms. The molecule has 1 aromatic carbocycles. The monoisotopic (exact) mass is 682 g/mol. The molecule has 3 rings (SSSR count). The minimum Gasteiger partial charge on any atom is -0.593 e. The first-order valence-corrected chi connectivity index (χ1v) is 13.5. The lowest BCUT2D eigenvalue weighted by atomic mass is 10.2. The maximum absolute atomic E-state index is 11.9. The van der Waals surface area contributed by atoms with Crippen molar-refractivity contribution < 1.29 is 58.1 Å². The van der Waals surface area contributed by atoms with E-state index < -0.39 is 65.5 Å². The van der Waals surface area contributed by atoms with Crippen molar-refractivity contribution in [2.24, 2.45) is 10.2 Å². The molecular formula is C30H46N6O12-2. The van der Waals surface area contributed by atoms with Crippen molar-refractivity contribution in [3.8, 4) is 0 Å². The van der Waals surface area contributed by atoms with Crippen molar-refractivity contribution in [1.29, 1.82) is 0 Å². The van der Waals surface area contributed by atoms with Gasteiger partial charge >= 0.3 is 11.9 Å². The summed E-state index contributed by atoms with van der Waals surface area (Å²) in [6, 6.07) is 5.77. The molecule has 0 radical (unpaired) electrons. The number of carbonyl (C=O) groups excluding carboxylic acids is 6. The highest BCUT2D eigenvalue weighted by molar-refractivity contribution is 6.03. The summed E-state index contributed by atoms with van der Waals surface area (Å²) >= 11 is 0. The van der Waals surface area contributed by atoms with E-state index in [-0.39, 0.29) is 53.5 Å². The molecular weight excluding hydrogens is 636 g/mol. The summed E-state index contributed by atoms with van der Waals surface area (Å²) in [6.45, 7) is 9.68. The molecule has 0 unspecified atom stereocenters. The molecule has 2 saturated heterocycles. The second-order valence-corrected chi connectivity index (χ2v) is 11.2. The van der Waals surface area contributed by atoms with Crippen molar-refractivity contribution in [2.45, 2.75) is 101 Å². The van der Waals surface area contributed by atoms with Gasteiger partial charge in [-0.2, -0.15) is 10.2 Å². The van der Waals surface area contributed by atoms with Crippen molar-refractivity contribution in [3.05, 3.63) is 29.8 Å². The van der Waals surface area contributed by atoms with E-state index in [9.17, 15) is 39.0 Å². The average molecular weight is 683 g/mol. The number of anilines is 1. The molecule has 4 amide bonds. The molecule has 18 nitrogen and oxygen atoms in total. The van der Waals surface area contributed by atoms with Gasteiger partial charge in [-0.1, -0.05) is 63.8 Å². The van der Waals surface area contributed by atoms with Crippen LogP contribution >= 0.6 is 0 Å². The van der Waals surface area contributed by atoms with Crippen LogP contribution in [0, 0.1) is 0 Å². The number of hydroxylamine groups is 4. The van der Waals surface area contributed by atoms with Crippen molar-refractivity contribution in [2.75, 3.05) is 12.0 Å². The van der Waals surface area contributed by atoms with Crippen LogP contribution in [0.1, 0.15) is 99.9 Å². The summed E-state index contributed by atoms with van der Waals surface area (Å²) in [6.07, 6.45) is -1.58. The van der Waals surface area contributed by atoms with Gasteiger partial charge in [0.25, 0.3) is 23.6 Å². The Morgan fingerprint density at radius 3 is 1.52 bits per heavy atom. The van der Waals surface area contributed by atoms with Crippen LogP contribution in [-0.4, -0.2) is 75.6 Å². The molecule has 2 heterocycles. The number of hydrogen-bond donors (Lipinski definition) is 2. The van der Waals surface area contributed by atoms with E-state index >= 15 is 0 Å². The molecule has 48 heavy (non-hydrogen) atoms. The Kier molecular flexibility index (Phi) is 18.0. The van der Waals surface area contributed by atoms with E-state index in [1.807, 2.05) is 0 Å². The van der Waals surface area contributed by atoms with Gasteiger partial charge in [-0.25, -0.2) is 9.59 Å². The smallest absolute Gasteiger partial charge is 0.363 e. The Morgan fingerprint density at radius 2 is 1.10 bits per heavy atom. The SMILES string of the molecule is C.C.C.CC(C)(C)OC([O-])=NNCC(=O)ON1C(=O)CCC1=O.CC(C)(C)OC([O-])=NNc1ccc(C(=O)ON2C(=O)CCC2=O)cc1. The van der Waals surface area contributed by atoms with Gasteiger partial charge in [-0.3, -0.25) is 30.0 Å². The zero-order chi connectivity index (χ0) is 33.9. The second kappa shape index (κ2) is 19.3. The minimum atomic E-state index is -0.916. The molecule has 2 N–H and O–H groups in total. The average Bonchev–Trinajstić information content (AvgIpc) is 3.41. The summed E-state index contributed by atoms with van der Waals surface area (Å²) in [7, 11) is 0. The normalized spacial score (nSPS) is 14.8. The predicted molar refractivity (Wildman–Crippen MR) is 168 cm³/mol.